The van der Waals surface area contributed by atoms with E-state index in [1.54, 1.807) is 13.1 Å². The first-order valence-corrected chi connectivity index (χ1v) is 5.37. The number of carboxylic acids is 1. The zero-order valence-electron chi connectivity index (χ0n) is 10.2. The molecule has 0 atom stereocenters. The van der Waals surface area contributed by atoms with Crippen molar-refractivity contribution >= 4 is 17.6 Å². The summed E-state index contributed by atoms with van der Waals surface area (Å²) in [5, 5.41) is 8.70. The number of anilines is 1. The topological polar surface area (TPSA) is 70.5 Å². The Morgan fingerprint density at radius 1 is 1.41 bits per heavy atom. The second kappa shape index (κ2) is 5.43. The van der Waals surface area contributed by atoms with Crippen LogP contribution in [0.1, 0.15) is 30.8 Å². The number of amides is 1. The highest BCUT2D eigenvalue weighted by Crippen LogP contribution is 2.14. The lowest BCUT2D eigenvalue weighted by atomic mass is 10.1. The number of carbonyl (C=O) groups excluding carboxylic acids is 1. The number of aromatic carboxylic acids is 1. The Morgan fingerprint density at radius 3 is 2.47 bits per heavy atom. The molecule has 0 aliphatic carbocycles. The Morgan fingerprint density at radius 2 is 2.06 bits per heavy atom. The van der Waals surface area contributed by atoms with Crippen molar-refractivity contribution in [3.05, 3.63) is 24.0 Å². The molecule has 1 rings (SSSR count). The minimum atomic E-state index is -1.08. The van der Waals surface area contributed by atoms with Gasteiger partial charge in [0.1, 0.15) is 5.69 Å². The molecule has 0 unspecified atom stereocenters. The normalized spacial score (nSPS) is 10.4. The van der Waals surface area contributed by atoms with Crippen LogP contribution in [0.5, 0.6) is 0 Å². The second-order valence-corrected chi connectivity index (χ2v) is 4.26. The largest absolute Gasteiger partial charge is 0.477 e. The third-order valence-corrected chi connectivity index (χ3v) is 2.31. The summed E-state index contributed by atoms with van der Waals surface area (Å²) in [7, 11) is 1.65. The van der Waals surface area contributed by atoms with E-state index >= 15 is 0 Å². The van der Waals surface area contributed by atoms with E-state index in [1.807, 2.05) is 13.8 Å². The van der Waals surface area contributed by atoms with E-state index in [-0.39, 0.29) is 17.5 Å². The molecule has 0 radical (unpaired) electrons. The average molecular weight is 236 g/mol. The van der Waals surface area contributed by atoms with Crippen molar-refractivity contribution in [1.82, 2.24) is 4.98 Å². The summed E-state index contributed by atoms with van der Waals surface area (Å²) in [6.45, 7) is 3.94. The fourth-order valence-electron chi connectivity index (χ4n) is 1.34. The number of carboxylic acid groups (broad SMARTS) is 1. The summed E-state index contributed by atoms with van der Waals surface area (Å²) in [6.07, 6.45) is 1.85. The molecule has 0 saturated carbocycles. The Kier molecular flexibility index (Phi) is 4.20. The molecule has 1 N–H and O–H groups in total. The molecule has 0 aliphatic rings. The van der Waals surface area contributed by atoms with E-state index in [4.69, 9.17) is 5.11 Å². The number of hydrogen-bond acceptors (Lipinski definition) is 3. The molecule has 5 nitrogen and oxygen atoms in total. The van der Waals surface area contributed by atoms with Crippen LogP contribution >= 0.6 is 0 Å². The predicted molar refractivity (Wildman–Crippen MR) is 64.1 cm³/mol. The maximum Gasteiger partial charge on any atom is 0.354 e. The highest BCUT2D eigenvalue weighted by Gasteiger charge is 2.13. The van der Waals surface area contributed by atoms with Gasteiger partial charge in [-0.15, -0.1) is 0 Å². The Balaban J connectivity index is 2.79. The van der Waals surface area contributed by atoms with Gasteiger partial charge in [-0.2, -0.15) is 0 Å². The van der Waals surface area contributed by atoms with Gasteiger partial charge in [0.2, 0.25) is 5.91 Å². The van der Waals surface area contributed by atoms with Crippen LogP contribution in [0.3, 0.4) is 0 Å². The monoisotopic (exact) mass is 236 g/mol. The van der Waals surface area contributed by atoms with Crippen LogP contribution in [-0.4, -0.2) is 29.0 Å². The summed E-state index contributed by atoms with van der Waals surface area (Å²) in [4.78, 5) is 27.6. The molecule has 0 aromatic carbocycles. The number of aromatic nitrogens is 1. The van der Waals surface area contributed by atoms with Crippen LogP contribution in [0, 0.1) is 5.92 Å². The second-order valence-electron chi connectivity index (χ2n) is 4.26. The summed E-state index contributed by atoms with van der Waals surface area (Å²) in [5.41, 5.74) is 0.569. The number of rotatable bonds is 4. The first kappa shape index (κ1) is 13.2. The molecule has 1 aromatic heterocycles. The van der Waals surface area contributed by atoms with E-state index in [1.165, 1.54) is 17.2 Å². The van der Waals surface area contributed by atoms with Crippen LogP contribution in [0.4, 0.5) is 5.69 Å². The lowest BCUT2D eigenvalue weighted by molar-refractivity contribution is -0.119. The van der Waals surface area contributed by atoms with Crippen LogP contribution in [0.2, 0.25) is 0 Å². The molecule has 0 bridgehead atoms. The van der Waals surface area contributed by atoms with Crippen LogP contribution in [-0.2, 0) is 4.79 Å². The summed E-state index contributed by atoms with van der Waals surface area (Å²) in [5.74, 6) is -0.797. The molecule has 17 heavy (non-hydrogen) atoms. The van der Waals surface area contributed by atoms with Crippen molar-refractivity contribution in [3.63, 3.8) is 0 Å². The highest BCUT2D eigenvalue weighted by molar-refractivity contribution is 5.93. The maximum atomic E-state index is 11.8. The summed E-state index contributed by atoms with van der Waals surface area (Å²) >= 11 is 0. The van der Waals surface area contributed by atoms with E-state index in [0.29, 0.717) is 12.1 Å². The average Bonchev–Trinajstić information content (AvgIpc) is 2.27. The molecule has 1 aromatic rings. The smallest absolute Gasteiger partial charge is 0.354 e. The van der Waals surface area contributed by atoms with Gasteiger partial charge in [-0.05, 0) is 18.1 Å². The van der Waals surface area contributed by atoms with Crippen molar-refractivity contribution in [3.8, 4) is 0 Å². The molecule has 1 heterocycles. The molecule has 0 spiro atoms. The SMILES string of the molecule is CC(C)CC(=O)N(C)c1ccc(C(=O)O)nc1. The quantitative estimate of drug-likeness (QED) is 0.865. The maximum absolute atomic E-state index is 11.8. The van der Waals surface area contributed by atoms with Crippen LogP contribution in [0.25, 0.3) is 0 Å². The number of carbonyl (C=O) groups is 2. The van der Waals surface area contributed by atoms with Gasteiger partial charge >= 0.3 is 5.97 Å². The Labute approximate surface area is 100 Å². The van der Waals surface area contributed by atoms with Gasteiger partial charge in [-0.25, -0.2) is 9.78 Å². The van der Waals surface area contributed by atoms with E-state index in [9.17, 15) is 9.59 Å². The molecule has 92 valence electrons. The standard InChI is InChI=1S/C12H16N2O3/c1-8(2)6-11(15)14(3)9-4-5-10(12(16)17)13-7-9/h4-5,7-8H,6H2,1-3H3,(H,16,17). The van der Waals surface area contributed by atoms with Gasteiger partial charge in [-0.3, -0.25) is 4.79 Å². The first-order chi connectivity index (χ1) is 7.91. The van der Waals surface area contributed by atoms with Gasteiger partial charge in [0.15, 0.2) is 0 Å². The third kappa shape index (κ3) is 3.55. The summed E-state index contributed by atoms with van der Waals surface area (Å²) < 4.78 is 0. The van der Waals surface area contributed by atoms with Crippen molar-refractivity contribution in [1.29, 1.82) is 0 Å². The van der Waals surface area contributed by atoms with Crippen LogP contribution < -0.4 is 4.90 Å². The van der Waals surface area contributed by atoms with Gasteiger partial charge in [0, 0.05) is 13.5 Å². The third-order valence-electron chi connectivity index (χ3n) is 2.31. The lowest BCUT2D eigenvalue weighted by Crippen LogP contribution is -2.27. The minimum absolute atomic E-state index is 0.00937. The van der Waals surface area contributed by atoms with E-state index < -0.39 is 5.97 Å². The van der Waals surface area contributed by atoms with E-state index in [2.05, 4.69) is 4.98 Å². The molecule has 0 fully saturated rings. The zero-order valence-corrected chi connectivity index (χ0v) is 10.2. The zero-order chi connectivity index (χ0) is 13.0. The molecule has 1 amide bonds. The number of pyridine rings is 1. The fourth-order valence-corrected chi connectivity index (χ4v) is 1.34. The lowest BCUT2D eigenvalue weighted by Gasteiger charge is -2.18. The van der Waals surface area contributed by atoms with Gasteiger partial charge in [-0.1, -0.05) is 13.8 Å². The van der Waals surface area contributed by atoms with Crippen molar-refractivity contribution in [2.75, 3.05) is 11.9 Å². The number of hydrogen-bond donors (Lipinski definition) is 1. The Hall–Kier alpha value is -1.91. The highest BCUT2D eigenvalue weighted by atomic mass is 16.4. The molecular formula is C12H16N2O3. The number of nitrogens with zero attached hydrogens (tertiary/aromatic N) is 2. The van der Waals surface area contributed by atoms with Crippen molar-refractivity contribution < 1.29 is 14.7 Å². The van der Waals surface area contributed by atoms with Gasteiger partial charge < -0.3 is 10.0 Å². The van der Waals surface area contributed by atoms with E-state index in [0.717, 1.165) is 0 Å². The molecular weight excluding hydrogens is 220 g/mol. The first-order valence-electron chi connectivity index (χ1n) is 5.37. The molecule has 5 heteroatoms. The van der Waals surface area contributed by atoms with Gasteiger partial charge in [0.25, 0.3) is 0 Å². The van der Waals surface area contributed by atoms with Crippen molar-refractivity contribution in [2.24, 2.45) is 5.92 Å². The fraction of sp³-hybridized carbons (Fsp3) is 0.417. The van der Waals surface area contributed by atoms with Crippen molar-refractivity contribution in [2.45, 2.75) is 20.3 Å². The summed E-state index contributed by atoms with van der Waals surface area (Å²) in [6, 6.07) is 2.96. The predicted octanol–water partition coefficient (Wildman–Crippen LogP) is 1.79. The van der Waals surface area contributed by atoms with Gasteiger partial charge in [0.05, 0.1) is 11.9 Å². The molecule has 0 aliphatic heterocycles. The van der Waals surface area contributed by atoms with Crippen LogP contribution in [0.15, 0.2) is 18.3 Å². The molecule has 0 saturated heterocycles. The Bertz CT molecular complexity index is 412. The minimum Gasteiger partial charge on any atom is -0.477 e.